The van der Waals surface area contributed by atoms with Gasteiger partial charge >= 0.3 is 0 Å². The molecule has 1 aromatic rings. The first kappa shape index (κ1) is 12.9. The molecule has 0 radical (unpaired) electrons. The third-order valence-corrected chi connectivity index (χ3v) is 3.90. The molecule has 1 saturated carbocycles. The van der Waals surface area contributed by atoms with Crippen molar-refractivity contribution in [3.8, 4) is 0 Å². The van der Waals surface area contributed by atoms with E-state index in [1.807, 2.05) is 19.1 Å². The van der Waals surface area contributed by atoms with E-state index in [0.29, 0.717) is 11.6 Å². The molecule has 2 unspecified atom stereocenters. The first-order valence-corrected chi connectivity index (χ1v) is 6.74. The van der Waals surface area contributed by atoms with Crippen LogP contribution in [0.4, 0.5) is 5.69 Å². The number of carbonyl (C=O) groups is 1. The Balaban J connectivity index is 2.14. The van der Waals surface area contributed by atoms with E-state index >= 15 is 0 Å². The quantitative estimate of drug-likeness (QED) is 0.861. The molecule has 3 N–H and O–H groups in total. The van der Waals surface area contributed by atoms with Crippen LogP contribution in [0.2, 0.25) is 0 Å². The highest BCUT2D eigenvalue weighted by Crippen LogP contribution is 2.28. The number of benzene rings is 1. The molecule has 0 aromatic heterocycles. The zero-order valence-electron chi connectivity index (χ0n) is 11.2. The van der Waals surface area contributed by atoms with Crippen LogP contribution in [-0.2, 0) is 0 Å². The minimum atomic E-state index is -0.354. The van der Waals surface area contributed by atoms with Crippen molar-refractivity contribution in [2.45, 2.75) is 45.6 Å². The number of nitrogens with two attached hydrogens (primary N) is 1. The zero-order chi connectivity index (χ0) is 13.1. The van der Waals surface area contributed by atoms with Crippen LogP contribution in [0.15, 0.2) is 18.2 Å². The van der Waals surface area contributed by atoms with Gasteiger partial charge in [-0.1, -0.05) is 25.8 Å². The second kappa shape index (κ2) is 5.42. The SMILES string of the molecule is Cc1c(NC2CCCC(C)C2)cccc1C(N)=O. The molecule has 98 valence electrons. The van der Waals surface area contributed by atoms with Crippen LogP contribution >= 0.6 is 0 Å². The summed E-state index contributed by atoms with van der Waals surface area (Å²) in [6.07, 6.45) is 5.04. The smallest absolute Gasteiger partial charge is 0.249 e. The Bertz CT molecular complexity index is 442. The van der Waals surface area contributed by atoms with Gasteiger partial charge in [0.05, 0.1) is 0 Å². The van der Waals surface area contributed by atoms with Gasteiger partial charge in [-0.15, -0.1) is 0 Å². The third kappa shape index (κ3) is 2.84. The molecular weight excluding hydrogens is 224 g/mol. The first-order valence-electron chi connectivity index (χ1n) is 6.74. The number of carbonyl (C=O) groups excluding carboxylic acids is 1. The number of primary amides is 1. The lowest BCUT2D eigenvalue weighted by Gasteiger charge is -2.29. The predicted molar refractivity (Wildman–Crippen MR) is 74.7 cm³/mol. The summed E-state index contributed by atoms with van der Waals surface area (Å²) in [6, 6.07) is 6.23. The molecule has 18 heavy (non-hydrogen) atoms. The van der Waals surface area contributed by atoms with E-state index in [1.165, 1.54) is 25.7 Å². The molecule has 0 heterocycles. The lowest BCUT2D eigenvalue weighted by Crippen LogP contribution is -2.27. The van der Waals surface area contributed by atoms with Gasteiger partial charge in [0, 0.05) is 17.3 Å². The number of amides is 1. The molecule has 0 saturated heterocycles. The zero-order valence-corrected chi connectivity index (χ0v) is 11.2. The van der Waals surface area contributed by atoms with Gasteiger partial charge in [0.25, 0.3) is 0 Å². The van der Waals surface area contributed by atoms with E-state index in [2.05, 4.69) is 12.2 Å². The van der Waals surface area contributed by atoms with Crippen LogP contribution in [0.25, 0.3) is 0 Å². The Morgan fingerprint density at radius 2 is 2.17 bits per heavy atom. The standard InChI is InChI=1S/C15H22N2O/c1-10-5-3-6-12(9-10)17-14-8-4-7-13(11(14)2)15(16)18/h4,7-8,10,12,17H,3,5-6,9H2,1-2H3,(H2,16,18). The molecule has 1 amide bonds. The minimum Gasteiger partial charge on any atom is -0.382 e. The summed E-state index contributed by atoms with van der Waals surface area (Å²) in [4.78, 5) is 11.3. The van der Waals surface area contributed by atoms with Crippen molar-refractivity contribution in [1.29, 1.82) is 0 Å². The second-order valence-corrected chi connectivity index (χ2v) is 5.46. The lowest BCUT2D eigenvalue weighted by atomic mass is 9.87. The Hall–Kier alpha value is -1.51. The Labute approximate surface area is 109 Å². The topological polar surface area (TPSA) is 55.1 Å². The van der Waals surface area contributed by atoms with E-state index in [4.69, 9.17) is 5.73 Å². The highest BCUT2D eigenvalue weighted by atomic mass is 16.1. The Kier molecular flexibility index (Phi) is 3.90. The van der Waals surface area contributed by atoms with Gasteiger partial charge in [0.1, 0.15) is 0 Å². The molecule has 3 heteroatoms. The molecule has 2 atom stereocenters. The Morgan fingerprint density at radius 3 is 2.83 bits per heavy atom. The van der Waals surface area contributed by atoms with Crippen molar-refractivity contribution in [3.05, 3.63) is 29.3 Å². The molecule has 3 nitrogen and oxygen atoms in total. The maximum atomic E-state index is 11.3. The second-order valence-electron chi connectivity index (χ2n) is 5.46. The van der Waals surface area contributed by atoms with E-state index in [0.717, 1.165) is 17.2 Å². The highest BCUT2D eigenvalue weighted by molar-refractivity contribution is 5.95. The predicted octanol–water partition coefficient (Wildman–Crippen LogP) is 3.08. The molecular formula is C15H22N2O. The lowest BCUT2D eigenvalue weighted by molar-refractivity contribution is 0.1000. The average molecular weight is 246 g/mol. The van der Waals surface area contributed by atoms with Crippen molar-refractivity contribution in [2.75, 3.05) is 5.32 Å². The van der Waals surface area contributed by atoms with Crippen molar-refractivity contribution >= 4 is 11.6 Å². The van der Waals surface area contributed by atoms with Gasteiger partial charge in [-0.2, -0.15) is 0 Å². The number of rotatable bonds is 3. The van der Waals surface area contributed by atoms with Crippen LogP contribution in [0.1, 0.15) is 48.5 Å². The molecule has 1 aliphatic rings. The average Bonchev–Trinajstić information content (AvgIpc) is 2.31. The fourth-order valence-corrected chi connectivity index (χ4v) is 2.84. The maximum absolute atomic E-state index is 11.3. The van der Waals surface area contributed by atoms with E-state index in [1.54, 1.807) is 6.07 Å². The normalized spacial score (nSPS) is 23.7. The molecule has 0 bridgehead atoms. The summed E-state index contributed by atoms with van der Waals surface area (Å²) >= 11 is 0. The van der Waals surface area contributed by atoms with Gasteiger partial charge in [-0.05, 0) is 43.4 Å². The van der Waals surface area contributed by atoms with Gasteiger partial charge in [-0.25, -0.2) is 0 Å². The summed E-state index contributed by atoms with van der Waals surface area (Å²) < 4.78 is 0. The molecule has 1 aromatic carbocycles. The van der Waals surface area contributed by atoms with Crippen molar-refractivity contribution in [2.24, 2.45) is 11.7 Å². The van der Waals surface area contributed by atoms with Crippen LogP contribution in [0.3, 0.4) is 0 Å². The molecule has 0 aliphatic heterocycles. The van der Waals surface area contributed by atoms with Crippen LogP contribution < -0.4 is 11.1 Å². The highest BCUT2D eigenvalue weighted by Gasteiger charge is 2.19. The van der Waals surface area contributed by atoms with Crippen molar-refractivity contribution < 1.29 is 4.79 Å². The monoisotopic (exact) mass is 246 g/mol. The number of anilines is 1. The van der Waals surface area contributed by atoms with Gasteiger partial charge in [0.2, 0.25) is 5.91 Å². The number of nitrogens with one attached hydrogen (secondary N) is 1. The summed E-state index contributed by atoms with van der Waals surface area (Å²) in [5, 5.41) is 3.57. The van der Waals surface area contributed by atoms with Gasteiger partial charge in [0.15, 0.2) is 0 Å². The summed E-state index contributed by atoms with van der Waals surface area (Å²) in [5.74, 6) is 0.434. The third-order valence-electron chi connectivity index (χ3n) is 3.90. The fraction of sp³-hybridized carbons (Fsp3) is 0.533. The molecule has 0 spiro atoms. The van der Waals surface area contributed by atoms with E-state index in [9.17, 15) is 4.79 Å². The molecule has 2 rings (SSSR count). The van der Waals surface area contributed by atoms with E-state index in [-0.39, 0.29) is 5.91 Å². The van der Waals surface area contributed by atoms with Crippen LogP contribution in [-0.4, -0.2) is 11.9 Å². The van der Waals surface area contributed by atoms with Crippen molar-refractivity contribution in [3.63, 3.8) is 0 Å². The number of hydrogen-bond donors (Lipinski definition) is 2. The Morgan fingerprint density at radius 1 is 1.39 bits per heavy atom. The van der Waals surface area contributed by atoms with Gasteiger partial charge in [-0.3, -0.25) is 4.79 Å². The molecule has 1 fully saturated rings. The van der Waals surface area contributed by atoms with E-state index < -0.39 is 0 Å². The molecule has 1 aliphatic carbocycles. The number of hydrogen-bond acceptors (Lipinski definition) is 2. The summed E-state index contributed by atoms with van der Waals surface area (Å²) in [5.41, 5.74) is 7.99. The largest absolute Gasteiger partial charge is 0.382 e. The van der Waals surface area contributed by atoms with Crippen LogP contribution in [0, 0.1) is 12.8 Å². The van der Waals surface area contributed by atoms with Crippen molar-refractivity contribution in [1.82, 2.24) is 0 Å². The fourth-order valence-electron chi connectivity index (χ4n) is 2.84. The van der Waals surface area contributed by atoms with Gasteiger partial charge < -0.3 is 11.1 Å². The minimum absolute atomic E-state index is 0.354. The van der Waals surface area contributed by atoms with Crippen LogP contribution in [0.5, 0.6) is 0 Å². The maximum Gasteiger partial charge on any atom is 0.249 e. The summed E-state index contributed by atoms with van der Waals surface area (Å²) in [6.45, 7) is 4.26. The summed E-state index contributed by atoms with van der Waals surface area (Å²) in [7, 11) is 0. The first-order chi connectivity index (χ1) is 8.58.